The highest BCUT2D eigenvalue weighted by molar-refractivity contribution is 7.90. The summed E-state index contributed by atoms with van der Waals surface area (Å²) in [7, 11) is -3.26. The molecule has 1 amide bonds. The summed E-state index contributed by atoms with van der Waals surface area (Å²) in [6.45, 7) is 2.91. The zero-order valence-electron chi connectivity index (χ0n) is 20.3. The third-order valence-corrected chi connectivity index (χ3v) is 10.8. The highest BCUT2D eigenvalue weighted by Gasteiger charge is 2.51. The molecule has 7 nitrogen and oxygen atoms in total. The van der Waals surface area contributed by atoms with Crippen LogP contribution in [0.15, 0.2) is 18.2 Å². The summed E-state index contributed by atoms with van der Waals surface area (Å²) < 4.78 is 50.4. The van der Waals surface area contributed by atoms with Crippen molar-refractivity contribution in [2.75, 3.05) is 32.6 Å². The number of amides is 1. The number of piperidine rings is 2. The van der Waals surface area contributed by atoms with Crippen LogP contribution in [-0.2, 0) is 24.7 Å². The molecule has 4 aliphatic heterocycles. The quantitative estimate of drug-likeness (QED) is 0.624. The summed E-state index contributed by atoms with van der Waals surface area (Å²) in [5.74, 6) is -0.292. The van der Waals surface area contributed by atoms with Crippen LogP contribution in [0, 0.1) is 5.82 Å². The van der Waals surface area contributed by atoms with Gasteiger partial charge in [-0.1, -0.05) is 6.07 Å². The second kappa shape index (κ2) is 8.70. The number of rotatable bonds is 3. The molecule has 6 rings (SSSR count). The Hall–Kier alpha value is -1.71. The molecule has 9 heteroatoms. The van der Waals surface area contributed by atoms with Crippen molar-refractivity contribution in [2.45, 2.75) is 86.3 Å². The fourth-order valence-electron chi connectivity index (χ4n) is 7.57. The van der Waals surface area contributed by atoms with Crippen LogP contribution in [0.3, 0.4) is 0 Å². The van der Waals surface area contributed by atoms with E-state index in [0.717, 1.165) is 69.2 Å². The van der Waals surface area contributed by atoms with Crippen LogP contribution >= 0.6 is 0 Å². The average molecular weight is 507 g/mol. The Morgan fingerprint density at radius 3 is 2.46 bits per heavy atom. The van der Waals surface area contributed by atoms with E-state index in [9.17, 15) is 17.6 Å². The number of likely N-dealkylation sites (tertiary alicyclic amines) is 1. The molecule has 0 saturated carbocycles. The first-order valence-corrected chi connectivity index (χ1v) is 15.0. The van der Waals surface area contributed by atoms with Gasteiger partial charge in [0.05, 0.1) is 18.5 Å². The predicted molar refractivity (Wildman–Crippen MR) is 128 cm³/mol. The summed E-state index contributed by atoms with van der Waals surface area (Å²) in [5, 5.41) is -0.542. The Balaban J connectivity index is 1.13. The fourth-order valence-corrected chi connectivity index (χ4v) is 8.86. The molecule has 4 atom stereocenters. The van der Waals surface area contributed by atoms with Crippen LogP contribution in [0.5, 0.6) is 0 Å². The van der Waals surface area contributed by atoms with E-state index in [2.05, 4.69) is 4.90 Å². The number of hydrogen-bond acceptors (Lipinski definition) is 6. The first kappa shape index (κ1) is 23.7. The fraction of sp³-hybridized carbons (Fsp3) is 0.731. The van der Waals surface area contributed by atoms with Gasteiger partial charge in [-0.15, -0.1) is 0 Å². The molecule has 192 valence electrons. The number of nitrogens with zero attached hydrogens (tertiary/aromatic N) is 2. The molecule has 0 radical (unpaired) electrons. The highest BCUT2D eigenvalue weighted by atomic mass is 32.2. The van der Waals surface area contributed by atoms with Gasteiger partial charge >= 0.3 is 6.09 Å². The van der Waals surface area contributed by atoms with Crippen LogP contribution < -0.4 is 0 Å². The van der Waals surface area contributed by atoms with Gasteiger partial charge in [0, 0.05) is 30.8 Å². The number of sulfone groups is 1. The van der Waals surface area contributed by atoms with Crippen LogP contribution in [0.4, 0.5) is 9.18 Å². The average Bonchev–Trinajstić information content (AvgIpc) is 3.50. The maximum atomic E-state index is 14.2. The maximum absolute atomic E-state index is 14.2. The molecule has 5 aliphatic rings. The van der Waals surface area contributed by atoms with Gasteiger partial charge in [0.1, 0.15) is 11.9 Å². The molecule has 1 aromatic rings. The molecular formula is C26H35FN2O5S. The lowest BCUT2D eigenvalue weighted by atomic mass is 9.73. The van der Waals surface area contributed by atoms with E-state index in [1.807, 2.05) is 4.90 Å². The Labute approximate surface area is 206 Å². The number of benzene rings is 1. The largest absolute Gasteiger partial charge is 0.444 e. The van der Waals surface area contributed by atoms with Gasteiger partial charge in [-0.2, -0.15) is 0 Å². The molecule has 1 aromatic carbocycles. The van der Waals surface area contributed by atoms with E-state index in [1.54, 1.807) is 12.1 Å². The molecular weight excluding hydrogens is 471 g/mol. The number of carbonyl (C=O) groups is 1. The highest BCUT2D eigenvalue weighted by Crippen LogP contribution is 2.54. The van der Waals surface area contributed by atoms with Crippen molar-refractivity contribution >= 4 is 15.9 Å². The lowest BCUT2D eigenvalue weighted by Gasteiger charge is -2.47. The number of halogens is 1. The number of ether oxygens (including phenoxy) is 2. The van der Waals surface area contributed by atoms with Crippen LogP contribution in [0.2, 0.25) is 0 Å². The normalized spacial score (nSPS) is 34.3. The van der Waals surface area contributed by atoms with E-state index < -0.39 is 15.1 Å². The lowest BCUT2D eigenvalue weighted by molar-refractivity contribution is 0.00908. The Morgan fingerprint density at radius 1 is 1.11 bits per heavy atom. The second-order valence-corrected chi connectivity index (χ2v) is 13.6. The van der Waals surface area contributed by atoms with Gasteiger partial charge in [0.25, 0.3) is 0 Å². The van der Waals surface area contributed by atoms with Crippen molar-refractivity contribution < 1.29 is 27.1 Å². The molecule has 4 fully saturated rings. The first-order chi connectivity index (χ1) is 16.7. The standard InChI is InChI=1S/C26H35FN2O5S/c1-35(31,32)24-15-26(23-12-17(27)2-5-22(23)24)7-9-28(10-8-26)20-13-18-3-4-19(14-20)29(18)25(30)34-21-6-11-33-16-21/h2,5,12,18-21,24H,3-4,6-11,13-16H2,1H3/t18?,19?,20?,21-,24?/m1/s1. The van der Waals surface area contributed by atoms with E-state index >= 15 is 0 Å². The molecule has 4 heterocycles. The summed E-state index contributed by atoms with van der Waals surface area (Å²) in [6, 6.07) is 5.51. The van der Waals surface area contributed by atoms with Crippen molar-refractivity contribution in [3.63, 3.8) is 0 Å². The molecule has 1 aliphatic carbocycles. The summed E-state index contributed by atoms with van der Waals surface area (Å²) in [4.78, 5) is 17.4. The minimum Gasteiger partial charge on any atom is -0.444 e. The van der Waals surface area contributed by atoms with Crippen LogP contribution in [-0.4, -0.2) is 81.1 Å². The van der Waals surface area contributed by atoms with Crippen molar-refractivity contribution in [2.24, 2.45) is 0 Å². The van der Waals surface area contributed by atoms with Gasteiger partial charge in [-0.25, -0.2) is 17.6 Å². The first-order valence-electron chi connectivity index (χ1n) is 13.0. The minimum absolute atomic E-state index is 0.118. The lowest BCUT2D eigenvalue weighted by Crippen LogP contribution is -2.55. The summed E-state index contributed by atoms with van der Waals surface area (Å²) in [6.07, 6.45) is 7.98. The summed E-state index contributed by atoms with van der Waals surface area (Å²) in [5.41, 5.74) is 1.43. The molecule has 1 spiro atoms. The molecule has 2 bridgehead atoms. The number of carbonyl (C=O) groups excluding carboxylic acids is 1. The molecule has 4 saturated heterocycles. The monoisotopic (exact) mass is 506 g/mol. The van der Waals surface area contributed by atoms with Gasteiger partial charge in [0.15, 0.2) is 9.84 Å². The van der Waals surface area contributed by atoms with E-state index in [-0.39, 0.29) is 35.5 Å². The SMILES string of the molecule is CS(=O)(=O)C1CC2(CCN(C3CC4CCC(C3)N4C(=O)O[C@@H]3CCOC3)CC2)c2cc(F)ccc21. The number of fused-ring (bicyclic) bond motifs is 4. The maximum Gasteiger partial charge on any atom is 0.410 e. The van der Waals surface area contributed by atoms with Gasteiger partial charge in [0.2, 0.25) is 0 Å². The van der Waals surface area contributed by atoms with Crippen LogP contribution in [0.25, 0.3) is 0 Å². The Bertz CT molecular complexity index is 1080. The molecule has 35 heavy (non-hydrogen) atoms. The number of hydrogen-bond donors (Lipinski definition) is 0. The van der Waals surface area contributed by atoms with Gasteiger partial charge in [-0.05, 0) is 86.7 Å². The summed E-state index contributed by atoms with van der Waals surface area (Å²) >= 11 is 0. The van der Waals surface area contributed by atoms with Gasteiger partial charge < -0.3 is 19.3 Å². The minimum atomic E-state index is -3.26. The smallest absolute Gasteiger partial charge is 0.410 e. The molecule has 0 N–H and O–H groups in total. The molecule has 3 unspecified atom stereocenters. The van der Waals surface area contributed by atoms with E-state index in [1.165, 1.54) is 12.3 Å². The van der Waals surface area contributed by atoms with E-state index in [0.29, 0.717) is 25.7 Å². The van der Waals surface area contributed by atoms with Crippen molar-refractivity contribution in [3.8, 4) is 0 Å². The van der Waals surface area contributed by atoms with Crippen molar-refractivity contribution in [3.05, 3.63) is 35.1 Å². The Morgan fingerprint density at radius 2 is 1.83 bits per heavy atom. The van der Waals surface area contributed by atoms with E-state index in [4.69, 9.17) is 9.47 Å². The van der Waals surface area contributed by atoms with Gasteiger partial charge in [-0.3, -0.25) is 0 Å². The van der Waals surface area contributed by atoms with Crippen LogP contribution in [0.1, 0.15) is 67.7 Å². The topological polar surface area (TPSA) is 76.2 Å². The van der Waals surface area contributed by atoms with Crippen molar-refractivity contribution in [1.82, 2.24) is 9.80 Å². The third-order valence-electron chi connectivity index (χ3n) is 9.37. The Kier molecular flexibility index (Phi) is 5.88. The third kappa shape index (κ3) is 4.17. The zero-order valence-corrected chi connectivity index (χ0v) is 21.1. The predicted octanol–water partition coefficient (Wildman–Crippen LogP) is 3.57. The molecule has 0 aromatic heterocycles. The van der Waals surface area contributed by atoms with Crippen molar-refractivity contribution in [1.29, 1.82) is 0 Å². The second-order valence-electron chi connectivity index (χ2n) is 11.4. The zero-order chi connectivity index (χ0) is 24.4.